The Morgan fingerprint density at radius 2 is 1.02 bits per heavy atom. The van der Waals surface area contributed by atoms with Crippen LogP contribution in [0.25, 0.3) is 77.2 Å². The summed E-state index contributed by atoms with van der Waals surface area (Å²) in [5.41, 5.74) is 11.9. The molecule has 48 heavy (non-hydrogen) atoms. The number of para-hydroxylation sites is 3. The highest BCUT2D eigenvalue weighted by Gasteiger charge is 2.17. The summed E-state index contributed by atoms with van der Waals surface area (Å²) in [5, 5.41) is 24.2. The minimum absolute atomic E-state index is 0.620. The van der Waals surface area contributed by atoms with Gasteiger partial charge in [0, 0.05) is 32.8 Å². The SMILES string of the molecule is N#Cc1ccc(-n2c3ccccc3c3ccccc32)c(-c2cccc(-c3ccc(-n4c5ccccc5c5c(C#N)cccc54)cc3)c2)c1. The molecule has 222 valence electrons. The molecule has 7 aromatic carbocycles. The Labute approximate surface area is 277 Å². The molecule has 0 spiro atoms. The van der Waals surface area contributed by atoms with Crippen LogP contribution in [0.5, 0.6) is 0 Å². The topological polar surface area (TPSA) is 57.4 Å². The van der Waals surface area contributed by atoms with Crippen molar-refractivity contribution in [2.75, 3.05) is 0 Å². The quantitative estimate of drug-likeness (QED) is 0.199. The lowest BCUT2D eigenvalue weighted by Gasteiger charge is -2.15. The lowest BCUT2D eigenvalue weighted by Crippen LogP contribution is -1.98. The van der Waals surface area contributed by atoms with E-state index >= 15 is 0 Å². The molecular weight excluding hydrogens is 585 g/mol. The van der Waals surface area contributed by atoms with Crippen molar-refractivity contribution in [2.45, 2.75) is 0 Å². The molecule has 0 aliphatic heterocycles. The third-order valence-corrected chi connectivity index (χ3v) is 9.40. The van der Waals surface area contributed by atoms with Crippen molar-refractivity contribution >= 4 is 43.6 Å². The predicted molar refractivity (Wildman–Crippen MR) is 195 cm³/mol. The van der Waals surface area contributed by atoms with E-state index in [1.165, 1.54) is 10.8 Å². The molecule has 4 heteroatoms. The van der Waals surface area contributed by atoms with Gasteiger partial charge in [-0.25, -0.2) is 0 Å². The van der Waals surface area contributed by atoms with Gasteiger partial charge in [0.1, 0.15) is 0 Å². The van der Waals surface area contributed by atoms with E-state index in [0.717, 1.165) is 66.5 Å². The number of fused-ring (bicyclic) bond motifs is 6. The van der Waals surface area contributed by atoms with Gasteiger partial charge in [0.05, 0.1) is 51.0 Å². The molecule has 0 saturated heterocycles. The smallest absolute Gasteiger partial charge is 0.0998 e. The highest BCUT2D eigenvalue weighted by atomic mass is 15.0. The zero-order valence-corrected chi connectivity index (χ0v) is 25.8. The van der Waals surface area contributed by atoms with Crippen LogP contribution in [0.2, 0.25) is 0 Å². The van der Waals surface area contributed by atoms with E-state index in [-0.39, 0.29) is 0 Å². The van der Waals surface area contributed by atoms with Gasteiger partial charge in [0.2, 0.25) is 0 Å². The first-order valence-corrected chi connectivity index (χ1v) is 15.9. The summed E-state index contributed by atoms with van der Waals surface area (Å²) in [6, 6.07) is 59.0. The maximum atomic E-state index is 9.90. The van der Waals surface area contributed by atoms with E-state index in [1.54, 1.807) is 0 Å². The van der Waals surface area contributed by atoms with Gasteiger partial charge in [-0.2, -0.15) is 10.5 Å². The fourth-order valence-electron chi connectivity index (χ4n) is 7.27. The molecule has 0 fully saturated rings. The fourth-order valence-corrected chi connectivity index (χ4v) is 7.27. The van der Waals surface area contributed by atoms with Crippen LogP contribution in [0.15, 0.2) is 158 Å². The summed E-state index contributed by atoms with van der Waals surface area (Å²) in [6.45, 7) is 0. The molecule has 0 N–H and O–H groups in total. The number of benzene rings is 7. The zero-order chi connectivity index (χ0) is 32.2. The normalized spacial score (nSPS) is 11.3. The van der Waals surface area contributed by atoms with Crippen LogP contribution in [-0.2, 0) is 0 Å². The Kier molecular flexibility index (Phi) is 6.22. The first-order chi connectivity index (χ1) is 23.7. The highest BCUT2D eigenvalue weighted by molar-refractivity contribution is 6.12. The molecule has 0 aliphatic rings. The van der Waals surface area contributed by atoms with Gasteiger partial charge in [-0.15, -0.1) is 0 Å². The van der Waals surface area contributed by atoms with Crippen LogP contribution < -0.4 is 0 Å². The lowest BCUT2D eigenvalue weighted by atomic mass is 9.96. The number of nitriles is 2. The first kappa shape index (κ1) is 27.4. The molecule has 2 heterocycles. The van der Waals surface area contributed by atoms with E-state index in [1.807, 2.05) is 36.4 Å². The molecule has 0 unspecified atom stereocenters. The van der Waals surface area contributed by atoms with Gasteiger partial charge in [-0.05, 0) is 83.4 Å². The largest absolute Gasteiger partial charge is 0.309 e. The van der Waals surface area contributed by atoms with Crippen molar-refractivity contribution in [3.05, 3.63) is 169 Å². The number of rotatable bonds is 4. The summed E-state index contributed by atoms with van der Waals surface area (Å²) >= 11 is 0. The highest BCUT2D eigenvalue weighted by Crippen LogP contribution is 2.38. The number of nitrogens with zero attached hydrogens (tertiary/aromatic N) is 4. The molecule has 0 amide bonds. The van der Waals surface area contributed by atoms with E-state index < -0.39 is 0 Å². The molecule has 2 aromatic heterocycles. The van der Waals surface area contributed by atoms with Crippen molar-refractivity contribution in [1.29, 1.82) is 10.5 Å². The second kappa shape index (κ2) is 10.9. The van der Waals surface area contributed by atoms with Crippen molar-refractivity contribution in [1.82, 2.24) is 9.13 Å². The molecule has 4 nitrogen and oxygen atoms in total. The van der Waals surface area contributed by atoms with Crippen LogP contribution in [0.1, 0.15) is 11.1 Å². The van der Waals surface area contributed by atoms with Gasteiger partial charge in [-0.3, -0.25) is 0 Å². The van der Waals surface area contributed by atoms with Crippen molar-refractivity contribution in [3.8, 4) is 45.8 Å². The average Bonchev–Trinajstić information content (AvgIpc) is 3.68. The molecule has 9 rings (SSSR count). The first-order valence-electron chi connectivity index (χ1n) is 15.9. The summed E-state index contributed by atoms with van der Waals surface area (Å²) < 4.78 is 4.54. The molecule has 0 atom stereocenters. The Bertz CT molecular complexity index is 2750. The van der Waals surface area contributed by atoms with E-state index in [0.29, 0.717) is 11.1 Å². The third-order valence-electron chi connectivity index (χ3n) is 9.40. The van der Waals surface area contributed by atoms with E-state index in [4.69, 9.17) is 0 Å². The Morgan fingerprint density at radius 1 is 0.417 bits per heavy atom. The molecule has 0 saturated carbocycles. The number of hydrogen-bond donors (Lipinski definition) is 0. The minimum atomic E-state index is 0.620. The summed E-state index contributed by atoms with van der Waals surface area (Å²) in [5.74, 6) is 0. The van der Waals surface area contributed by atoms with Crippen LogP contribution in [-0.4, -0.2) is 9.13 Å². The second-order valence-electron chi connectivity index (χ2n) is 12.0. The zero-order valence-electron chi connectivity index (χ0n) is 25.8. The standard InChI is InChI=1S/C44H26N4/c45-27-29-19-24-42(48-39-15-4-1-12-35(39)36-13-2-5-16-40(36)48)38(25-29)32-10-7-9-31(26-32)30-20-22-34(23-21-30)47-41-17-6-3-14-37(41)44-33(28-46)11-8-18-43(44)47/h1-26H. The van der Waals surface area contributed by atoms with Crippen LogP contribution in [0.3, 0.4) is 0 Å². The van der Waals surface area contributed by atoms with Gasteiger partial charge >= 0.3 is 0 Å². The monoisotopic (exact) mass is 610 g/mol. The molecule has 0 aliphatic carbocycles. The van der Waals surface area contributed by atoms with Crippen molar-refractivity contribution in [3.63, 3.8) is 0 Å². The van der Waals surface area contributed by atoms with Gasteiger partial charge < -0.3 is 9.13 Å². The van der Waals surface area contributed by atoms with Crippen LogP contribution >= 0.6 is 0 Å². The fraction of sp³-hybridized carbons (Fsp3) is 0. The lowest BCUT2D eigenvalue weighted by molar-refractivity contribution is 1.18. The molecule has 0 radical (unpaired) electrons. The number of aromatic nitrogens is 2. The van der Waals surface area contributed by atoms with Gasteiger partial charge in [-0.1, -0.05) is 91.0 Å². The second-order valence-corrected chi connectivity index (χ2v) is 12.0. The van der Waals surface area contributed by atoms with Gasteiger partial charge in [0.25, 0.3) is 0 Å². The molecule has 9 aromatic rings. The average molecular weight is 611 g/mol. The Morgan fingerprint density at radius 3 is 1.71 bits per heavy atom. The molecule has 0 bridgehead atoms. The van der Waals surface area contributed by atoms with E-state index in [9.17, 15) is 10.5 Å². The minimum Gasteiger partial charge on any atom is -0.309 e. The van der Waals surface area contributed by atoms with Gasteiger partial charge in [0.15, 0.2) is 0 Å². The summed E-state index contributed by atoms with van der Waals surface area (Å²) in [4.78, 5) is 0. The Hall–Kier alpha value is -6.88. The van der Waals surface area contributed by atoms with Crippen LogP contribution in [0.4, 0.5) is 0 Å². The number of hydrogen-bond acceptors (Lipinski definition) is 2. The Balaban J connectivity index is 1.18. The van der Waals surface area contributed by atoms with Crippen molar-refractivity contribution < 1.29 is 0 Å². The van der Waals surface area contributed by atoms with Crippen LogP contribution in [0, 0.1) is 22.7 Å². The third kappa shape index (κ3) is 4.14. The molecular formula is C44H26N4. The maximum absolute atomic E-state index is 9.90. The van der Waals surface area contributed by atoms with Crippen molar-refractivity contribution in [2.24, 2.45) is 0 Å². The summed E-state index contributed by atoms with van der Waals surface area (Å²) in [7, 11) is 0. The maximum Gasteiger partial charge on any atom is 0.0998 e. The van der Waals surface area contributed by atoms with E-state index in [2.05, 4.69) is 143 Å². The summed E-state index contributed by atoms with van der Waals surface area (Å²) in [6.07, 6.45) is 0. The predicted octanol–water partition coefficient (Wildman–Crippen LogP) is 11.0.